The van der Waals surface area contributed by atoms with E-state index in [9.17, 15) is 9.59 Å². The summed E-state index contributed by atoms with van der Waals surface area (Å²) in [6, 6.07) is 7.11. The van der Waals surface area contributed by atoms with Crippen LogP contribution in [0.15, 0.2) is 24.3 Å². The minimum absolute atomic E-state index is 0.255. The number of para-hydroxylation sites is 2. The van der Waals surface area contributed by atoms with Gasteiger partial charge in [-0.3, -0.25) is 9.59 Å². The van der Waals surface area contributed by atoms with Gasteiger partial charge in [-0.25, -0.2) is 0 Å². The molecule has 0 aromatic heterocycles. The topological polar surface area (TPSA) is 75.6 Å². The lowest BCUT2D eigenvalue weighted by Gasteiger charge is -2.10. The highest BCUT2D eigenvalue weighted by Gasteiger charge is 2.48. The molecular formula is C13H15NO4. The molecule has 2 rings (SSSR count). The SMILES string of the molecule is CCOc1ccccc1NC(=O)C1CC1C(=O)O. The van der Waals surface area contributed by atoms with Crippen molar-refractivity contribution in [3.63, 3.8) is 0 Å². The number of amides is 1. The number of hydrogen-bond donors (Lipinski definition) is 2. The van der Waals surface area contributed by atoms with Gasteiger partial charge in [-0.1, -0.05) is 12.1 Å². The van der Waals surface area contributed by atoms with Gasteiger partial charge in [-0.2, -0.15) is 0 Å². The summed E-state index contributed by atoms with van der Waals surface area (Å²) < 4.78 is 5.38. The monoisotopic (exact) mass is 249 g/mol. The molecule has 0 saturated heterocycles. The minimum Gasteiger partial charge on any atom is -0.492 e. The van der Waals surface area contributed by atoms with Crippen LogP contribution in [0.25, 0.3) is 0 Å². The fraction of sp³-hybridized carbons (Fsp3) is 0.385. The van der Waals surface area contributed by atoms with E-state index in [-0.39, 0.29) is 5.91 Å². The van der Waals surface area contributed by atoms with Crippen LogP contribution in [0, 0.1) is 11.8 Å². The van der Waals surface area contributed by atoms with Gasteiger partial charge in [0.2, 0.25) is 5.91 Å². The molecule has 1 aromatic rings. The lowest BCUT2D eigenvalue weighted by molar-refractivity contribution is -0.139. The molecule has 0 bridgehead atoms. The zero-order valence-electron chi connectivity index (χ0n) is 10.1. The molecule has 1 saturated carbocycles. The molecule has 1 aromatic carbocycles. The molecule has 1 aliphatic rings. The third-order valence-electron chi connectivity index (χ3n) is 2.89. The predicted molar refractivity (Wildman–Crippen MR) is 65.5 cm³/mol. The van der Waals surface area contributed by atoms with Crippen LogP contribution in [0.3, 0.4) is 0 Å². The van der Waals surface area contributed by atoms with Gasteiger partial charge in [-0.15, -0.1) is 0 Å². The number of hydrogen-bond acceptors (Lipinski definition) is 3. The molecule has 5 heteroatoms. The normalized spacial score (nSPS) is 21.2. The number of nitrogens with one attached hydrogen (secondary N) is 1. The van der Waals surface area contributed by atoms with Crippen molar-refractivity contribution in [1.82, 2.24) is 0 Å². The van der Waals surface area contributed by atoms with Crippen LogP contribution in [0.2, 0.25) is 0 Å². The van der Waals surface area contributed by atoms with Crippen molar-refractivity contribution in [1.29, 1.82) is 0 Å². The van der Waals surface area contributed by atoms with Gasteiger partial charge in [0.15, 0.2) is 0 Å². The van der Waals surface area contributed by atoms with Crippen LogP contribution in [0.1, 0.15) is 13.3 Å². The summed E-state index contributed by atoms with van der Waals surface area (Å²) in [5.74, 6) is -1.52. The Bertz CT molecular complexity index is 472. The van der Waals surface area contributed by atoms with Gasteiger partial charge < -0.3 is 15.2 Å². The Kier molecular flexibility index (Phi) is 3.50. The van der Waals surface area contributed by atoms with E-state index in [0.29, 0.717) is 24.5 Å². The Hall–Kier alpha value is -2.04. The number of benzene rings is 1. The van der Waals surface area contributed by atoms with Crippen LogP contribution in [-0.2, 0) is 9.59 Å². The van der Waals surface area contributed by atoms with Crippen LogP contribution in [0.4, 0.5) is 5.69 Å². The summed E-state index contributed by atoms with van der Waals surface area (Å²) in [6.45, 7) is 2.37. The molecular weight excluding hydrogens is 234 g/mol. The Balaban J connectivity index is 2.01. The Morgan fingerprint density at radius 1 is 1.39 bits per heavy atom. The maximum atomic E-state index is 11.8. The molecule has 1 aliphatic carbocycles. The second-order valence-corrected chi connectivity index (χ2v) is 4.21. The second-order valence-electron chi connectivity index (χ2n) is 4.21. The third-order valence-corrected chi connectivity index (χ3v) is 2.89. The van der Waals surface area contributed by atoms with E-state index in [1.807, 2.05) is 13.0 Å². The fourth-order valence-electron chi connectivity index (χ4n) is 1.83. The summed E-state index contributed by atoms with van der Waals surface area (Å²) in [5, 5.41) is 11.5. The number of aliphatic carboxylic acids is 1. The van der Waals surface area contributed by atoms with E-state index >= 15 is 0 Å². The van der Waals surface area contributed by atoms with Crippen molar-refractivity contribution in [3.8, 4) is 5.75 Å². The van der Waals surface area contributed by atoms with E-state index < -0.39 is 17.8 Å². The Labute approximate surface area is 105 Å². The van der Waals surface area contributed by atoms with Crippen molar-refractivity contribution in [2.24, 2.45) is 11.8 Å². The van der Waals surface area contributed by atoms with Gasteiger partial charge in [0.1, 0.15) is 5.75 Å². The predicted octanol–water partition coefficient (Wildman–Crippen LogP) is 1.74. The average molecular weight is 249 g/mol. The van der Waals surface area contributed by atoms with Gasteiger partial charge in [0.05, 0.1) is 24.1 Å². The zero-order valence-corrected chi connectivity index (χ0v) is 10.1. The molecule has 0 heterocycles. The molecule has 1 amide bonds. The highest BCUT2D eigenvalue weighted by Crippen LogP contribution is 2.40. The van der Waals surface area contributed by atoms with Crippen LogP contribution in [-0.4, -0.2) is 23.6 Å². The first-order chi connectivity index (χ1) is 8.63. The summed E-state index contributed by atoms with van der Waals surface area (Å²) in [4.78, 5) is 22.5. The number of anilines is 1. The van der Waals surface area contributed by atoms with E-state index in [0.717, 1.165) is 0 Å². The molecule has 0 aliphatic heterocycles. The highest BCUT2D eigenvalue weighted by atomic mass is 16.5. The van der Waals surface area contributed by atoms with Crippen molar-refractivity contribution >= 4 is 17.6 Å². The van der Waals surface area contributed by atoms with E-state index in [1.54, 1.807) is 18.2 Å². The second kappa shape index (κ2) is 5.08. The fourth-order valence-corrected chi connectivity index (χ4v) is 1.83. The van der Waals surface area contributed by atoms with Crippen molar-refractivity contribution < 1.29 is 19.4 Å². The van der Waals surface area contributed by atoms with Crippen LogP contribution >= 0.6 is 0 Å². The van der Waals surface area contributed by atoms with Gasteiger partial charge >= 0.3 is 5.97 Å². The zero-order chi connectivity index (χ0) is 13.1. The smallest absolute Gasteiger partial charge is 0.307 e. The summed E-state index contributed by atoms with van der Waals surface area (Å²) >= 11 is 0. The van der Waals surface area contributed by atoms with Gasteiger partial charge in [0.25, 0.3) is 0 Å². The molecule has 96 valence electrons. The average Bonchev–Trinajstić information content (AvgIpc) is 3.12. The Morgan fingerprint density at radius 2 is 2.11 bits per heavy atom. The first-order valence-corrected chi connectivity index (χ1v) is 5.89. The van der Waals surface area contributed by atoms with Gasteiger partial charge in [0, 0.05) is 0 Å². The van der Waals surface area contributed by atoms with Crippen LogP contribution in [0.5, 0.6) is 5.75 Å². The maximum Gasteiger partial charge on any atom is 0.307 e. The molecule has 2 N–H and O–H groups in total. The minimum atomic E-state index is -0.909. The standard InChI is InChI=1S/C13H15NO4/c1-2-18-11-6-4-3-5-10(11)14-12(15)8-7-9(8)13(16)17/h3-6,8-9H,2,7H2,1H3,(H,14,15)(H,16,17). The number of ether oxygens (including phenoxy) is 1. The molecule has 1 fully saturated rings. The number of carboxylic acids is 1. The van der Waals surface area contributed by atoms with E-state index in [4.69, 9.17) is 9.84 Å². The molecule has 5 nitrogen and oxygen atoms in total. The van der Waals surface area contributed by atoms with Crippen LogP contribution < -0.4 is 10.1 Å². The lowest BCUT2D eigenvalue weighted by atomic mass is 10.2. The summed E-state index contributed by atoms with van der Waals surface area (Å²) in [6.07, 6.45) is 0.415. The first-order valence-electron chi connectivity index (χ1n) is 5.89. The third kappa shape index (κ3) is 2.61. The molecule has 2 unspecified atom stereocenters. The molecule has 18 heavy (non-hydrogen) atoms. The van der Waals surface area contributed by atoms with Crippen molar-refractivity contribution in [3.05, 3.63) is 24.3 Å². The first kappa shape index (κ1) is 12.4. The molecule has 0 radical (unpaired) electrons. The Morgan fingerprint density at radius 3 is 2.72 bits per heavy atom. The summed E-state index contributed by atoms with van der Waals surface area (Å²) in [7, 11) is 0. The van der Waals surface area contributed by atoms with E-state index in [1.165, 1.54) is 0 Å². The van der Waals surface area contributed by atoms with Crippen molar-refractivity contribution in [2.45, 2.75) is 13.3 Å². The summed E-state index contributed by atoms with van der Waals surface area (Å²) in [5.41, 5.74) is 0.584. The number of carbonyl (C=O) groups excluding carboxylic acids is 1. The molecule has 0 spiro atoms. The molecule has 2 atom stereocenters. The maximum absolute atomic E-state index is 11.8. The number of carbonyl (C=O) groups is 2. The lowest BCUT2D eigenvalue weighted by Crippen LogP contribution is -2.17. The largest absolute Gasteiger partial charge is 0.492 e. The van der Waals surface area contributed by atoms with Gasteiger partial charge in [-0.05, 0) is 25.5 Å². The van der Waals surface area contributed by atoms with E-state index in [2.05, 4.69) is 5.32 Å². The number of rotatable bonds is 5. The van der Waals surface area contributed by atoms with Crippen molar-refractivity contribution in [2.75, 3.05) is 11.9 Å². The number of carboxylic acid groups (broad SMARTS) is 1. The quantitative estimate of drug-likeness (QED) is 0.833. The highest BCUT2D eigenvalue weighted by molar-refractivity contribution is 5.99.